The van der Waals surface area contributed by atoms with Crippen LogP contribution in [0.1, 0.15) is 34.4 Å². The van der Waals surface area contributed by atoms with Gasteiger partial charge in [0.05, 0.1) is 4.88 Å². The number of carbonyl (C=O) groups excluding carboxylic acids is 1. The van der Waals surface area contributed by atoms with Crippen LogP contribution < -0.4 is 5.32 Å². The van der Waals surface area contributed by atoms with Gasteiger partial charge in [0.1, 0.15) is 5.01 Å². The predicted octanol–water partition coefficient (Wildman–Crippen LogP) is 4.13. The number of nitrogens with zero attached hydrogens (tertiary/aromatic N) is 2. The number of hydrogen-bond acceptors (Lipinski definition) is 5. The summed E-state index contributed by atoms with van der Waals surface area (Å²) in [5.74, 6) is 0.195. The molecule has 2 aromatic heterocycles. The van der Waals surface area contributed by atoms with Crippen LogP contribution in [0.2, 0.25) is 0 Å². The molecule has 2 heterocycles. The molecule has 1 N–H and O–H groups in total. The fraction of sp³-hybridized carbons (Fsp3) is 0.214. The van der Waals surface area contributed by atoms with E-state index in [0.29, 0.717) is 15.9 Å². The van der Waals surface area contributed by atoms with E-state index in [1.54, 1.807) is 0 Å². The number of benzene rings is 1. The van der Waals surface area contributed by atoms with Crippen molar-refractivity contribution < 1.29 is 4.79 Å². The zero-order valence-corrected chi connectivity index (χ0v) is 12.7. The number of rotatable bonds is 3. The molecule has 0 saturated heterocycles. The zero-order valence-electron chi connectivity index (χ0n) is 11.1. The summed E-state index contributed by atoms with van der Waals surface area (Å²) in [7, 11) is 0. The van der Waals surface area contributed by atoms with Crippen LogP contribution in [0.3, 0.4) is 0 Å². The molecule has 0 aliphatic heterocycles. The van der Waals surface area contributed by atoms with E-state index in [-0.39, 0.29) is 5.91 Å². The highest BCUT2D eigenvalue weighted by Gasteiger charge is 2.14. The standard InChI is InChI=1S/C14H13N3OS2/c1-8(2)13-16-17-14(20-13)15-12(18)11-7-9-5-3-4-6-10(9)19-11/h3-8H,1-2H3,(H,15,17,18). The maximum Gasteiger partial charge on any atom is 0.267 e. The summed E-state index contributed by atoms with van der Waals surface area (Å²) in [6.07, 6.45) is 0. The van der Waals surface area contributed by atoms with E-state index in [1.165, 1.54) is 22.7 Å². The van der Waals surface area contributed by atoms with Crippen molar-refractivity contribution in [1.82, 2.24) is 10.2 Å². The largest absolute Gasteiger partial charge is 0.296 e. The topological polar surface area (TPSA) is 54.9 Å². The first-order valence-corrected chi connectivity index (χ1v) is 7.90. The Labute approximate surface area is 124 Å². The summed E-state index contributed by atoms with van der Waals surface area (Å²) < 4.78 is 1.11. The summed E-state index contributed by atoms with van der Waals surface area (Å²) >= 11 is 2.90. The fourth-order valence-corrected chi connectivity index (χ4v) is 3.47. The maximum absolute atomic E-state index is 12.2. The molecule has 3 rings (SSSR count). The van der Waals surface area contributed by atoms with Crippen LogP contribution in [0.15, 0.2) is 30.3 Å². The third-order valence-electron chi connectivity index (χ3n) is 2.80. The number of amides is 1. The van der Waals surface area contributed by atoms with Gasteiger partial charge in [-0.05, 0) is 17.5 Å². The number of carbonyl (C=O) groups is 1. The van der Waals surface area contributed by atoms with Gasteiger partial charge in [-0.15, -0.1) is 21.5 Å². The van der Waals surface area contributed by atoms with Crippen LogP contribution in [0.4, 0.5) is 5.13 Å². The van der Waals surface area contributed by atoms with E-state index in [4.69, 9.17) is 0 Å². The average molecular weight is 303 g/mol. The summed E-state index contributed by atoms with van der Waals surface area (Å²) in [5, 5.41) is 13.4. The molecule has 0 aliphatic carbocycles. The molecule has 6 heteroatoms. The van der Waals surface area contributed by atoms with Gasteiger partial charge in [-0.25, -0.2) is 0 Å². The molecule has 3 aromatic rings. The van der Waals surface area contributed by atoms with Crippen molar-refractivity contribution in [2.45, 2.75) is 19.8 Å². The zero-order chi connectivity index (χ0) is 14.1. The number of aromatic nitrogens is 2. The molecule has 1 aromatic carbocycles. The minimum absolute atomic E-state index is 0.127. The fourth-order valence-electron chi connectivity index (χ4n) is 1.77. The van der Waals surface area contributed by atoms with E-state index >= 15 is 0 Å². The van der Waals surface area contributed by atoms with Gasteiger partial charge in [-0.1, -0.05) is 43.4 Å². The van der Waals surface area contributed by atoms with Crippen LogP contribution in [0, 0.1) is 0 Å². The monoisotopic (exact) mass is 303 g/mol. The third-order valence-corrected chi connectivity index (χ3v) is 5.06. The second-order valence-corrected chi connectivity index (χ2v) is 6.80. The van der Waals surface area contributed by atoms with Gasteiger partial charge in [-0.3, -0.25) is 10.1 Å². The van der Waals surface area contributed by atoms with Crippen molar-refractivity contribution in [2.24, 2.45) is 0 Å². The molecule has 0 fully saturated rings. The molecular weight excluding hydrogens is 290 g/mol. The Balaban J connectivity index is 1.81. The van der Waals surface area contributed by atoms with Gasteiger partial charge in [0, 0.05) is 10.6 Å². The van der Waals surface area contributed by atoms with Crippen LogP contribution in [-0.4, -0.2) is 16.1 Å². The molecule has 102 valence electrons. The molecule has 0 saturated carbocycles. The number of hydrogen-bond donors (Lipinski definition) is 1. The van der Waals surface area contributed by atoms with Crippen molar-refractivity contribution in [3.8, 4) is 0 Å². The minimum Gasteiger partial charge on any atom is -0.296 e. The average Bonchev–Trinajstić information content (AvgIpc) is 3.04. The Bertz CT molecular complexity index is 727. The lowest BCUT2D eigenvalue weighted by Crippen LogP contribution is -2.09. The quantitative estimate of drug-likeness (QED) is 0.791. The lowest BCUT2D eigenvalue weighted by Gasteiger charge is -1.97. The summed E-state index contributed by atoms with van der Waals surface area (Å²) in [6, 6.07) is 9.86. The van der Waals surface area contributed by atoms with E-state index in [0.717, 1.165) is 15.1 Å². The van der Waals surface area contributed by atoms with E-state index in [2.05, 4.69) is 29.4 Å². The highest BCUT2D eigenvalue weighted by molar-refractivity contribution is 7.21. The van der Waals surface area contributed by atoms with Crippen LogP contribution in [0.5, 0.6) is 0 Å². The van der Waals surface area contributed by atoms with Crippen molar-refractivity contribution >= 4 is 43.8 Å². The lowest BCUT2D eigenvalue weighted by molar-refractivity contribution is 0.103. The molecular formula is C14H13N3OS2. The third kappa shape index (κ3) is 2.57. The molecule has 0 unspecified atom stereocenters. The molecule has 4 nitrogen and oxygen atoms in total. The summed E-state index contributed by atoms with van der Waals surface area (Å²) in [6.45, 7) is 4.11. The number of fused-ring (bicyclic) bond motifs is 1. The smallest absolute Gasteiger partial charge is 0.267 e. The van der Waals surface area contributed by atoms with Crippen molar-refractivity contribution in [3.05, 3.63) is 40.2 Å². The highest BCUT2D eigenvalue weighted by atomic mass is 32.1. The maximum atomic E-state index is 12.2. The SMILES string of the molecule is CC(C)c1nnc(NC(=O)c2cc3ccccc3s2)s1. The number of nitrogens with one attached hydrogen (secondary N) is 1. The second kappa shape index (κ2) is 5.30. The number of thiophene rings is 1. The van der Waals surface area contributed by atoms with Crippen molar-refractivity contribution in [3.63, 3.8) is 0 Å². The molecule has 1 amide bonds. The summed E-state index contributed by atoms with van der Waals surface area (Å²) in [4.78, 5) is 12.9. The molecule has 0 atom stereocenters. The van der Waals surface area contributed by atoms with Gasteiger partial charge in [0.15, 0.2) is 0 Å². The Morgan fingerprint density at radius 3 is 2.70 bits per heavy atom. The molecule has 0 radical (unpaired) electrons. The minimum atomic E-state index is -0.127. The lowest BCUT2D eigenvalue weighted by atomic mass is 10.2. The first kappa shape index (κ1) is 13.2. The normalized spacial score (nSPS) is 11.2. The van der Waals surface area contributed by atoms with Gasteiger partial charge < -0.3 is 0 Å². The summed E-state index contributed by atoms with van der Waals surface area (Å²) in [5.41, 5.74) is 0. The van der Waals surface area contributed by atoms with E-state index in [1.807, 2.05) is 30.3 Å². The van der Waals surface area contributed by atoms with Crippen molar-refractivity contribution in [2.75, 3.05) is 5.32 Å². The second-order valence-electron chi connectivity index (χ2n) is 4.70. The Morgan fingerprint density at radius 2 is 2.00 bits per heavy atom. The van der Waals surface area contributed by atoms with Gasteiger partial charge in [0.25, 0.3) is 5.91 Å². The first-order valence-electron chi connectivity index (χ1n) is 6.27. The first-order chi connectivity index (χ1) is 9.63. The predicted molar refractivity (Wildman–Crippen MR) is 83.8 cm³/mol. The van der Waals surface area contributed by atoms with Gasteiger partial charge in [0.2, 0.25) is 5.13 Å². The van der Waals surface area contributed by atoms with Crippen molar-refractivity contribution in [1.29, 1.82) is 0 Å². The highest BCUT2D eigenvalue weighted by Crippen LogP contribution is 2.27. The van der Waals surface area contributed by atoms with E-state index in [9.17, 15) is 4.79 Å². The van der Waals surface area contributed by atoms with Crippen LogP contribution in [-0.2, 0) is 0 Å². The molecule has 0 aliphatic rings. The molecule has 0 bridgehead atoms. The van der Waals surface area contributed by atoms with Crippen LogP contribution in [0.25, 0.3) is 10.1 Å². The van der Waals surface area contributed by atoms with Crippen LogP contribution >= 0.6 is 22.7 Å². The Morgan fingerprint density at radius 1 is 1.20 bits per heavy atom. The Kier molecular flexibility index (Phi) is 3.50. The van der Waals surface area contributed by atoms with Gasteiger partial charge in [-0.2, -0.15) is 0 Å². The number of anilines is 1. The van der Waals surface area contributed by atoms with E-state index < -0.39 is 0 Å². The van der Waals surface area contributed by atoms with Gasteiger partial charge >= 0.3 is 0 Å². The Hall–Kier alpha value is -1.79. The molecule has 20 heavy (non-hydrogen) atoms. The molecule has 0 spiro atoms.